The Labute approximate surface area is 168 Å². The van der Waals surface area contributed by atoms with Crippen LogP contribution in [0.4, 0.5) is 0 Å². The normalized spacial score (nSPS) is 23.1. The molecule has 0 unspecified atom stereocenters. The van der Waals surface area contributed by atoms with E-state index < -0.39 is 7.12 Å². The lowest BCUT2D eigenvalue weighted by atomic mass is 9.70. The van der Waals surface area contributed by atoms with Crippen LogP contribution in [0.3, 0.4) is 0 Å². The molecule has 0 N–H and O–H groups in total. The Kier molecular flexibility index (Phi) is 3.48. The van der Waals surface area contributed by atoms with Crippen LogP contribution >= 0.6 is 0 Å². The molecule has 1 saturated heterocycles. The smallest absolute Gasteiger partial charge is 0.399 e. The summed E-state index contributed by atoms with van der Waals surface area (Å²) in [5.41, 5.74) is 5.38. The molecule has 2 aromatic rings. The minimum atomic E-state index is -0.396. The molecule has 3 aliphatic rings. The van der Waals surface area contributed by atoms with Gasteiger partial charge in [0.25, 0.3) is 0 Å². The molecule has 3 heteroatoms. The highest BCUT2D eigenvalue weighted by Crippen LogP contribution is 2.51. The summed E-state index contributed by atoms with van der Waals surface area (Å²) in [7, 11) is -0.396. The summed E-state index contributed by atoms with van der Waals surface area (Å²) in [4.78, 5) is 0. The predicted molar refractivity (Wildman–Crippen MR) is 117 cm³/mol. The van der Waals surface area contributed by atoms with Crippen LogP contribution in [0.2, 0.25) is 0 Å². The summed E-state index contributed by atoms with van der Waals surface area (Å²) in [5, 5.41) is 2.43. The summed E-state index contributed by atoms with van der Waals surface area (Å²) in [5.74, 6) is 0. The Hall–Kier alpha value is -2.19. The minimum Gasteiger partial charge on any atom is -0.399 e. The van der Waals surface area contributed by atoms with Crippen LogP contribution in [0, 0.1) is 6.08 Å². The topological polar surface area (TPSA) is 18.5 Å². The van der Waals surface area contributed by atoms with Gasteiger partial charge < -0.3 is 9.31 Å². The number of rotatable bonds is 1. The molecule has 0 radical (unpaired) electrons. The molecule has 0 amide bonds. The van der Waals surface area contributed by atoms with Crippen molar-refractivity contribution >= 4 is 28.9 Å². The first-order valence-corrected chi connectivity index (χ1v) is 10.1. The van der Waals surface area contributed by atoms with Crippen molar-refractivity contribution in [1.82, 2.24) is 0 Å². The molecule has 0 aromatic heterocycles. The molecule has 0 atom stereocenters. The molecule has 0 saturated carbocycles. The number of benzene rings is 2. The monoisotopic (exact) mass is 369 g/mol. The maximum absolute atomic E-state index is 6.53. The fourth-order valence-electron chi connectivity index (χ4n) is 4.66. The number of allylic oxidation sites excluding steroid dienone is 6. The summed E-state index contributed by atoms with van der Waals surface area (Å²) in [6.07, 6.45) is 9.81. The average Bonchev–Trinajstić information content (AvgIpc) is 3.00. The predicted octanol–water partition coefficient (Wildman–Crippen LogP) is 5.11. The zero-order valence-electron chi connectivity index (χ0n) is 17.5. The molecule has 140 valence electrons. The maximum atomic E-state index is 6.53. The van der Waals surface area contributed by atoms with E-state index in [-0.39, 0.29) is 16.6 Å². The summed E-state index contributed by atoms with van der Waals surface area (Å²) in [6, 6.07) is 10.9. The first-order chi connectivity index (χ1) is 13.1. The SMILES string of the molecule is CC1(C)C2=[C+]C=CC=C2c2c1cc1ccccc1c2B1OC(C)(C)C(C)(C)O1. The minimum absolute atomic E-state index is 0.103. The van der Waals surface area contributed by atoms with E-state index in [1.165, 1.54) is 33.0 Å². The van der Waals surface area contributed by atoms with Gasteiger partial charge >= 0.3 is 7.12 Å². The van der Waals surface area contributed by atoms with Gasteiger partial charge in [0, 0.05) is 23.2 Å². The van der Waals surface area contributed by atoms with Crippen molar-refractivity contribution in [3.8, 4) is 0 Å². The van der Waals surface area contributed by atoms with Gasteiger partial charge in [-0.15, -0.1) is 0 Å². The summed E-state index contributed by atoms with van der Waals surface area (Å²) >= 11 is 0. The summed E-state index contributed by atoms with van der Waals surface area (Å²) < 4.78 is 13.1. The molecule has 2 aromatic carbocycles. The van der Waals surface area contributed by atoms with Crippen LogP contribution in [-0.4, -0.2) is 18.3 Å². The molecule has 2 nitrogen and oxygen atoms in total. The van der Waals surface area contributed by atoms with Gasteiger partial charge in [-0.1, -0.05) is 24.3 Å². The van der Waals surface area contributed by atoms with E-state index in [4.69, 9.17) is 9.31 Å². The van der Waals surface area contributed by atoms with Crippen molar-refractivity contribution in [1.29, 1.82) is 0 Å². The quantitative estimate of drug-likeness (QED) is 0.514. The molecule has 1 aliphatic heterocycles. The van der Waals surface area contributed by atoms with Crippen molar-refractivity contribution in [2.45, 2.75) is 58.2 Å². The molecule has 28 heavy (non-hydrogen) atoms. The Balaban J connectivity index is 1.85. The van der Waals surface area contributed by atoms with Gasteiger partial charge in [0.1, 0.15) is 11.6 Å². The van der Waals surface area contributed by atoms with Crippen LogP contribution in [0.5, 0.6) is 0 Å². The van der Waals surface area contributed by atoms with Gasteiger partial charge in [0.05, 0.1) is 28.3 Å². The fourth-order valence-corrected chi connectivity index (χ4v) is 4.66. The average molecular weight is 369 g/mol. The van der Waals surface area contributed by atoms with Crippen LogP contribution < -0.4 is 5.46 Å². The van der Waals surface area contributed by atoms with E-state index >= 15 is 0 Å². The van der Waals surface area contributed by atoms with E-state index in [0.29, 0.717) is 0 Å². The molecular weight excluding hydrogens is 343 g/mol. The van der Waals surface area contributed by atoms with E-state index in [1.54, 1.807) is 0 Å². The molecule has 1 heterocycles. The van der Waals surface area contributed by atoms with Crippen molar-refractivity contribution in [3.05, 3.63) is 71.3 Å². The Morgan fingerprint density at radius 2 is 1.61 bits per heavy atom. The van der Waals surface area contributed by atoms with Crippen LogP contribution in [-0.2, 0) is 14.7 Å². The molecule has 1 fully saturated rings. The highest BCUT2D eigenvalue weighted by molar-refractivity contribution is 6.66. The van der Waals surface area contributed by atoms with Crippen molar-refractivity contribution < 1.29 is 9.31 Å². The van der Waals surface area contributed by atoms with Gasteiger partial charge in [0.15, 0.2) is 0 Å². The maximum Gasteiger partial charge on any atom is 0.497 e. The second kappa shape index (κ2) is 5.45. The van der Waals surface area contributed by atoms with E-state index in [2.05, 4.69) is 90.1 Å². The second-order valence-corrected chi connectivity index (χ2v) is 9.61. The molecule has 5 rings (SSSR count). The Bertz CT molecular complexity index is 1080. The van der Waals surface area contributed by atoms with E-state index in [9.17, 15) is 0 Å². The first-order valence-electron chi connectivity index (χ1n) is 10.1. The Morgan fingerprint density at radius 1 is 0.929 bits per heavy atom. The van der Waals surface area contributed by atoms with Gasteiger partial charge in [-0.2, -0.15) is 0 Å². The Morgan fingerprint density at radius 3 is 2.32 bits per heavy atom. The molecular formula is C25H26BO2+. The van der Waals surface area contributed by atoms with Crippen molar-refractivity contribution in [3.63, 3.8) is 0 Å². The van der Waals surface area contributed by atoms with Gasteiger partial charge in [-0.25, -0.2) is 0 Å². The van der Waals surface area contributed by atoms with Gasteiger partial charge in [0.2, 0.25) is 0 Å². The number of fused-ring (bicyclic) bond motifs is 4. The lowest BCUT2D eigenvalue weighted by Gasteiger charge is -2.32. The van der Waals surface area contributed by atoms with Crippen LogP contribution in [0.25, 0.3) is 16.3 Å². The number of hydrogen-bond donors (Lipinski definition) is 0. The molecule has 0 spiro atoms. The third-order valence-corrected chi connectivity index (χ3v) is 7.00. The standard InChI is InChI=1S/C25H26BO2/c1-23(2)19-14-10-9-13-18(19)21-20(23)15-16-11-7-8-12-17(16)22(21)26-27-24(3,4)25(5,6)28-26/h7-13,15H,1-6H3/q+1. The van der Waals surface area contributed by atoms with Gasteiger partial charge in [-0.05, 0) is 63.9 Å². The number of hydrogen-bond acceptors (Lipinski definition) is 2. The van der Waals surface area contributed by atoms with Gasteiger partial charge in [-0.3, -0.25) is 0 Å². The third-order valence-electron chi connectivity index (χ3n) is 7.00. The first kappa shape index (κ1) is 17.9. The zero-order chi connectivity index (χ0) is 19.9. The van der Waals surface area contributed by atoms with E-state index in [0.717, 1.165) is 5.46 Å². The second-order valence-electron chi connectivity index (χ2n) is 9.61. The summed E-state index contributed by atoms with van der Waals surface area (Å²) in [6.45, 7) is 13.0. The van der Waals surface area contributed by atoms with Crippen molar-refractivity contribution in [2.75, 3.05) is 0 Å². The van der Waals surface area contributed by atoms with Crippen LogP contribution in [0.1, 0.15) is 52.7 Å². The van der Waals surface area contributed by atoms with Crippen LogP contribution in [0.15, 0.2) is 54.1 Å². The van der Waals surface area contributed by atoms with E-state index in [1.807, 2.05) is 6.08 Å². The molecule has 0 bridgehead atoms. The molecule has 2 aliphatic carbocycles. The highest BCUT2D eigenvalue weighted by Gasteiger charge is 2.55. The fraction of sp³-hybridized carbons (Fsp3) is 0.360. The third kappa shape index (κ3) is 2.21. The zero-order valence-corrected chi connectivity index (χ0v) is 17.5. The lowest BCUT2D eigenvalue weighted by molar-refractivity contribution is 0.00578. The lowest BCUT2D eigenvalue weighted by Crippen LogP contribution is -2.41. The highest BCUT2D eigenvalue weighted by atomic mass is 16.7. The largest absolute Gasteiger partial charge is 0.497 e. The van der Waals surface area contributed by atoms with Crippen molar-refractivity contribution in [2.24, 2.45) is 0 Å².